The zero-order valence-corrected chi connectivity index (χ0v) is 15.4. The van der Waals surface area contributed by atoms with E-state index in [2.05, 4.69) is 0 Å². The van der Waals surface area contributed by atoms with Crippen LogP contribution < -0.4 is 5.63 Å². The lowest BCUT2D eigenvalue weighted by Gasteiger charge is -2.15. The van der Waals surface area contributed by atoms with Crippen LogP contribution in [-0.2, 0) is 16.1 Å². The summed E-state index contributed by atoms with van der Waals surface area (Å²) in [5.74, 6) is -0.660. The second-order valence-corrected chi connectivity index (χ2v) is 6.57. The molecule has 1 atom stereocenters. The number of rotatable bonds is 5. The summed E-state index contributed by atoms with van der Waals surface area (Å²) in [4.78, 5) is 24.4. The Hall–Kier alpha value is -2.59. The summed E-state index contributed by atoms with van der Waals surface area (Å²) in [5, 5.41) is 1.23. The van der Waals surface area contributed by atoms with E-state index < -0.39 is 5.63 Å². The maximum atomic E-state index is 12.5. The fraction of sp³-hybridized carbons (Fsp3) is 0.238. The van der Waals surface area contributed by atoms with Crippen molar-refractivity contribution in [3.63, 3.8) is 0 Å². The number of ether oxygens (including phenoxy) is 1. The van der Waals surface area contributed by atoms with E-state index in [-0.39, 0.29) is 18.5 Å². The van der Waals surface area contributed by atoms with Gasteiger partial charge < -0.3 is 9.15 Å². The van der Waals surface area contributed by atoms with E-state index in [0.29, 0.717) is 28.0 Å². The van der Waals surface area contributed by atoms with E-state index in [1.807, 2.05) is 44.2 Å². The highest BCUT2D eigenvalue weighted by Crippen LogP contribution is 2.26. The number of halogens is 1. The number of aryl methyl sites for hydroxylation is 1. The topological polar surface area (TPSA) is 56.5 Å². The standard InChI is InChI=1S/C21H19ClO4/c1-3-16(14-7-5-4-6-8-14)21(24)25-12-15-10-20(23)26-19-9-13(2)18(22)11-17(15)19/h4-11,16H,3,12H2,1-2H3. The number of hydrogen-bond donors (Lipinski definition) is 0. The van der Waals surface area contributed by atoms with E-state index in [4.69, 9.17) is 20.8 Å². The maximum Gasteiger partial charge on any atom is 0.336 e. The van der Waals surface area contributed by atoms with Crippen molar-refractivity contribution < 1.29 is 13.9 Å². The molecule has 0 saturated heterocycles. The molecule has 3 aromatic rings. The first-order chi connectivity index (χ1) is 12.5. The molecule has 5 heteroatoms. The Morgan fingerprint density at radius 2 is 1.92 bits per heavy atom. The first-order valence-electron chi connectivity index (χ1n) is 8.44. The predicted octanol–water partition coefficient (Wildman–Crippen LogP) is 4.99. The zero-order chi connectivity index (χ0) is 18.7. The molecule has 1 heterocycles. The van der Waals surface area contributed by atoms with Crippen LogP contribution in [0.3, 0.4) is 0 Å². The molecule has 0 aliphatic carbocycles. The minimum atomic E-state index is -0.486. The first kappa shape index (κ1) is 18.2. The van der Waals surface area contributed by atoms with Crippen LogP contribution >= 0.6 is 11.6 Å². The maximum absolute atomic E-state index is 12.5. The smallest absolute Gasteiger partial charge is 0.336 e. The highest BCUT2D eigenvalue weighted by molar-refractivity contribution is 6.32. The number of fused-ring (bicyclic) bond motifs is 1. The predicted molar refractivity (Wildman–Crippen MR) is 102 cm³/mol. The van der Waals surface area contributed by atoms with Crippen molar-refractivity contribution in [2.24, 2.45) is 0 Å². The molecule has 0 N–H and O–H groups in total. The monoisotopic (exact) mass is 370 g/mol. The molecule has 0 aliphatic rings. The summed E-state index contributed by atoms with van der Waals surface area (Å²) in [6.07, 6.45) is 0.631. The van der Waals surface area contributed by atoms with Crippen molar-refractivity contribution in [1.29, 1.82) is 0 Å². The number of esters is 1. The third-order valence-corrected chi connectivity index (χ3v) is 4.78. The Kier molecular flexibility index (Phi) is 5.43. The SMILES string of the molecule is CCC(C(=O)OCc1cc(=O)oc2cc(C)c(Cl)cc12)c1ccccc1. The molecule has 3 rings (SSSR count). The second kappa shape index (κ2) is 7.75. The van der Waals surface area contributed by atoms with E-state index in [0.717, 1.165) is 11.1 Å². The van der Waals surface area contributed by atoms with Crippen LogP contribution in [0.5, 0.6) is 0 Å². The lowest BCUT2D eigenvalue weighted by Crippen LogP contribution is -2.16. The van der Waals surface area contributed by atoms with E-state index in [9.17, 15) is 9.59 Å². The quantitative estimate of drug-likeness (QED) is 0.469. The Bertz CT molecular complexity index is 992. The van der Waals surface area contributed by atoms with Gasteiger partial charge in [0.05, 0.1) is 5.92 Å². The van der Waals surface area contributed by atoms with E-state index in [1.165, 1.54) is 6.07 Å². The minimum Gasteiger partial charge on any atom is -0.460 e. The third-order valence-electron chi connectivity index (χ3n) is 4.37. The third kappa shape index (κ3) is 3.81. The fourth-order valence-corrected chi connectivity index (χ4v) is 3.10. The van der Waals surface area contributed by atoms with Crippen molar-refractivity contribution in [2.75, 3.05) is 0 Å². The molecule has 0 amide bonds. The molecule has 1 aromatic heterocycles. The average Bonchev–Trinajstić information content (AvgIpc) is 2.62. The van der Waals surface area contributed by atoms with Gasteiger partial charge in [0.1, 0.15) is 12.2 Å². The van der Waals surface area contributed by atoms with Crippen LogP contribution in [0.4, 0.5) is 0 Å². The molecule has 0 aliphatic heterocycles. The van der Waals surface area contributed by atoms with Gasteiger partial charge in [-0.15, -0.1) is 0 Å². The Morgan fingerprint density at radius 3 is 2.62 bits per heavy atom. The van der Waals surface area contributed by atoms with Gasteiger partial charge in [-0.25, -0.2) is 4.79 Å². The molecular weight excluding hydrogens is 352 g/mol. The molecule has 26 heavy (non-hydrogen) atoms. The molecule has 0 spiro atoms. The van der Waals surface area contributed by atoms with Gasteiger partial charge in [0.2, 0.25) is 0 Å². The summed E-state index contributed by atoms with van der Waals surface area (Å²) in [6.45, 7) is 3.76. The summed E-state index contributed by atoms with van der Waals surface area (Å²) in [7, 11) is 0. The van der Waals surface area contributed by atoms with Crippen molar-refractivity contribution in [3.05, 3.63) is 80.7 Å². The highest BCUT2D eigenvalue weighted by Gasteiger charge is 2.20. The molecule has 1 unspecified atom stereocenters. The van der Waals surface area contributed by atoms with Crippen LogP contribution in [0.25, 0.3) is 11.0 Å². The van der Waals surface area contributed by atoms with Crippen LogP contribution in [0.1, 0.15) is 36.0 Å². The number of hydrogen-bond acceptors (Lipinski definition) is 4. The minimum absolute atomic E-state index is 0.0103. The summed E-state index contributed by atoms with van der Waals surface area (Å²) < 4.78 is 10.7. The van der Waals surface area contributed by atoms with E-state index in [1.54, 1.807) is 12.1 Å². The van der Waals surface area contributed by atoms with Gasteiger partial charge in [-0.1, -0.05) is 48.9 Å². The number of benzene rings is 2. The van der Waals surface area contributed by atoms with Gasteiger partial charge >= 0.3 is 11.6 Å². The molecular formula is C21H19ClO4. The number of carbonyl (C=O) groups is 1. The van der Waals surface area contributed by atoms with Crippen LogP contribution in [0.2, 0.25) is 5.02 Å². The first-order valence-corrected chi connectivity index (χ1v) is 8.82. The molecule has 0 bridgehead atoms. The average molecular weight is 371 g/mol. The van der Waals surface area contributed by atoms with Crippen molar-refractivity contribution in [3.8, 4) is 0 Å². The van der Waals surface area contributed by atoms with Gasteiger partial charge in [-0.2, -0.15) is 0 Å². The van der Waals surface area contributed by atoms with Gasteiger partial charge in [-0.05, 0) is 36.6 Å². The van der Waals surface area contributed by atoms with Gasteiger partial charge in [0.15, 0.2) is 0 Å². The van der Waals surface area contributed by atoms with Crippen molar-refractivity contribution >= 4 is 28.5 Å². The lowest BCUT2D eigenvalue weighted by molar-refractivity contribution is -0.146. The summed E-state index contributed by atoms with van der Waals surface area (Å²) in [5.41, 5.74) is 2.25. The molecule has 134 valence electrons. The van der Waals surface area contributed by atoms with Crippen LogP contribution in [0.15, 0.2) is 57.7 Å². The Balaban J connectivity index is 1.86. The Labute approximate surface area is 156 Å². The zero-order valence-electron chi connectivity index (χ0n) is 14.6. The molecule has 2 aromatic carbocycles. The molecule has 0 fully saturated rings. The summed E-state index contributed by atoms with van der Waals surface area (Å²) in [6, 6.07) is 14.3. The van der Waals surface area contributed by atoms with Crippen LogP contribution in [-0.4, -0.2) is 5.97 Å². The second-order valence-electron chi connectivity index (χ2n) is 6.17. The van der Waals surface area contributed by atoms with Gasteiger partial charge in [-0.3, -0.25) is 4.79 Å². The highest BCUT2D eigenvalue weighted by atomic mass is 35.5. The van der Waals surface area contributed by atoms with Gasteiger partial charge in [0, 0.05) is 22.0 Å². The molecule has 0 radical (unpaired) electrons. The Morgan fingerprint density at radius 1 is 1.19 bits per heavy atom. The van der Waals surface area contributed by atoms with Crippen molar-refractivity contribution in [2.45, 2.75) is 32.8 Å². The normalized spacial score (nSPS) is 12.1. The van der Waals surface area contributed by atoms with Crippen LogP contribution in [0, 0.1) is 6.92 Å². The summed E-state index contributed by atoms with van der Waals surface area (Å²) >= 11 is 6.19. The molecule has 0 saturated carbocycles. The molecule has 4 nitrogen and oxygen atoms in total. The van der Waals surface area contributed by atoms with Crippen molar-refractivity contribution in [1.82, 2.24) is 0 Å². The fourth-order valence-electron chi connectivity index (χ4n) is 2.94. The lowest BCUT2D eigenvalue weighted by atomic mass is 9.97. The van der Waals surface area contributed by atoms with Gasteiger partial charge in [0.25, 0.3) is 0 Å². The largest absolute Gasteiger partial charge is 0.460 e. The number of carbonyl (C=O) groups excluding carboxylic acids is 1. The van der Waals surface area contributed by atoms with E-state index >= 15 is 0 Å².